The lowest BCUT2D eigenvalue weighted by Gasteiger charge is -2.23. The van der Waals surface area contributed by atoms with Crippen molar-refractivity contribution in [3.8, 4) is 5.75 Å². The smallest absolute Gasteiger partial charge is 0.285 e. The van der Waals surface area contributed by atoms with Crippen molar-refractivity contribution in [1.29, 1.82) is 0 Å². The van der Waals surface area contributed by atoms with E-state index in [-0.39, 0.29) is 0 Å². The molecule has 0 bridgehead atoms. The lowest BCUT2D eigenvalue weighted by molar-refractivity contribution is -0.120. The Morgan fingerprint density at radius 1 is 0.730 bits per heavy atom. The van der Waals surface area contributed by atoms with Crippen molar-refractivity contribution in [3.63, 3.8) is 0 Å². The van der Waals surface area contributed by atoms with Crippen LogP contribution in [-0.4, -0.2) is 26.8 Å². The topological polar surface area (TPSA) is 81.6 Å². The highest BCUT2D eigenvalue weighted by Gasteiger charge is 2.38. The summed E-state index contributed by atoms with van der Waals surface area (Å²) in [6.07, 6.45) is 2.58. The molecule has 0 aliphatic carbocycles. The number of carbonyl (C=O) groups excluding carboxylic acids is 2. The Hall–Kier alpha value is -4.88. The summed E-state index contributed by atoms with van der Waals surface area (Å²) in [7, 11) is 0. The van der Waals surface area contributed by atoms with E-state index in [0.717, 1.165) is 27.2 Å². The highest BCUT2D eigenvalue weighted by Crippen LogP contribution is 2.32. The number of nitrogens with zero attached hydrogens (tertiary/aromatic N) is 3. The summed E-state index contributed by atoms with van der Waals surface area (Å²) in [5, 5.41) is 1.91. The third kappa shape index (κ3) is 4.44. The summed E-state index contributed by atoms with van der Waals surface area (Å²) in [5.41, 5.74) is 3.83. The second-order valence-corrected chi connectivity index (χ2v) is 8.58. The second-order valence-electron chi connectivity index (χ2n) is 8.58. The predicted octanol–water partition coefficient (Wildman–Crippen LogP) is 5.53. The first-order valence-electron chi connectivity index (χ1n) is 11.8. The molecule has 3 heterocycles. The first kappa shape index (κ1) is 22.6. The maximum Gasteiger partial charge on any atom is 0.285 e. The normalized spacial score (nSPS) is 13.6. The monoisotopic (exact) mass is 487 g/mol. The summed E-state index contributed by atoms with van der Waals surface area (Å²) in [4.78, 5) is 40.7. The van der Waals surface area contributed by atoms with Gasteiger partial charge >= 0.3 is 0 Å². The molecule has 3 aromatic carbocycles. The van der Waals surface area contributed by atoms with E-state index < -0.39 is 17.9 Å². The minimum absolute atomic E-state index is 0.321. The number of rotatable bonds is 7. The molecule has 2 amide bonds. The Balaban J connectivity index is 1.22. The molecule has 1 aliphatic rings. The van der Waals surface area contributed by atoms with Crippen LogP contribution in [0.4, 0.5) is 0 Å². The van der Waals surface area contributed by atoms with Gasteiger partial charge < -0.3 is 4.74 Å². The van der Waals surface area contributed by atoms with Crippen molar-refractivity contribution in [2.75, 3.05) is 0 Å². The van der Waals surface area contributed by atoms with Crippen LogP contribution in [0.2, 0.25) is 0 Å². The largest absolute Gasteiger partial charge is 0.487 e. The number of amides is 2. The van der Waals surface area contributed by atoms with E-state index in [4.69, 9.17) is 9.57 Å². The van der Waals surface area contributed by atoms with Crippen molar-refractivity contribution in [2.24, 2.45) is 0 Å². The van der Waals surface area contributed by atoms with Crippen LogP contribution in [0.1, 0.15) is 43.6 Å². The molecular formula is C30H21N3O4. The third-order valence-electron chi connectivity index (χ3n) is 6.18. The molecule has 7 nitrogen and oxygen atoms in total. The van der Waals surface area contributed by atoms with Crippen molar-refractivity contribution in [2.45, 2.75) is 12.7 Å². The molecular weight excluding hydrogens is 466 g/mol. The Kier molecular flexibility index (Phi) is 5.88. The van der Waals surface area contributed by atoms with Crippen LogP contribution in [0.15, 0.2) is 109 Å². The van der Waals surface area contributed by atoms with Gasteiger partial charge in [-0.3, -0.25) is 14.6 Å². The number of carbonyl (C=O) groups is 2. The predicted molar refractivity (Wildman–Crippen MR) is 137 cm³/mol. The Labute approximate surface area is 212 Å². The zero-order chi connectivity index (χ0) is 25.2. The van der Waals surface area contributed by atoms with E-state index in [9.17, 15) is 9.59 Å². The molecule has 0 spiro atoms. The molecule has 5 aromatic rings. The van der Waals surface area contributed by atoms with E-state index >= 15 is 0 Å². The van der Waals surface area contributed by atoms with E-state index in [0.29, 0.717) is 29.0 Å². The number of fused-ring (bicyclic) bond motifs is 2. The second kappa shape index (κ2) is 9.64. The number of ether oxygens (including phenoxy) is 1. The maximum atomic E-state index is 12.9. The molecule has 1 atom stereocenters. The molecule has 0 saturated heterocycles. The van der Waals surface area contributed by atoms with Crippen molar-refractivity contribution in [1.82, 2.24) is 15.0 Å². The van der Waals surface area contributed by atoms with Crippen LogP contribution < -0.4 is 4.74 Å². The molecule has 37 heavy (non-hydrogen) atoms. The third-order valence-corrected chi connectivity index (χ3v) is 6.18. The number of aromatic nitrogens is 2. The highest BCUT2D eigenvalue weighted by molar-refractivity contribution is 6.20. The van der Waals surface area contributed by atoms with Crippen molar-refractivity contribution < 1.29 is 19.2 Å². The van der Waals surface area contributed by atoms with Crippen LogP contribution in [0.5, 0.6) is 5.75 Å². The zero-order valence-electron chi connectivity index (χ0n) is 19.7. The molecule has 0 fully saturated rings. The summed E-state index contributed by atoms with van der Waals surface area (Å²) in [5.74, 6) is -0.320. The minimum atomic E-state index is -0.730. The fourth-order valence-corrected chi connectivity index (χ4v) is 4.30. The molecule has 1 aliphatic heterocycles. The molecule has 0 N–H and O–H groups in total. The van der Waals surface area contributed by atoms with E-state index in [1.807, 2.05) is 66.7 Å². The fraction of sp³-hybridized carbons (Fsp3) is 0.0667. The first-order chi connectivity index (χ1) is 18.2. The van der Waals surface area contributed by atoms with Crippen LogP contribution >= 0.6 is 0 Å². The summed E-state index contributed by atoms with van der Waals surface area (Å²) in [6, 6.07) is 29.6. The van der Waals surface area contributed by atoms with Gasteiger partial charge in [0.25, 0.3) is 11.8 Å². The SMILES string of the molecule is O=C1c2ccccc2C(=O)N1OC(c1ccc(OCc2ccc3ccccc3n2)cc1)c1cccnc1. The summed E-state index contributed by atoms with van der Waals surface area (Å²) >= 11 is 0. The number of hydrogen-bond donors (Lipinski definition) is 0. The standard InChI is InChI=1S/C30H21N3O4/c34-29-25-8-2-3-9-26(25)30(35)33(29)37-28(22-7-5-17-31-18-22)21-12-15-24(16-13-21)36-19-23-14-11-20-6-1-4-10-27(20)32-23/h1-18,28H,19H2. The van der Waals surface area contributed by atoms with Gasteiger partial charge in [0.2, 0.25) is 0 Å². The van der Waals surface area contributed by atoms with E-state index in [1.54, 1.807) is 42.7 Å². The van der Waals surface area contributed by atoms with Gasteiger partial charge in [-0.25, -0.2) is 9.82 Å². The number of benzene rings is 3. The van der Waals surface area contributed by atoms with Crippen molar-refractivity contribution in [3.05, 3.63) is 137 Å². The van der Waals surface area contributed by atoms with Gasteiger partial charge in [-0.05, 0) is 48.0 Å². The maximum absolute atomic E-state index is 12.9. The summed E-state index contributed by atoms with van der Waals surface area (Å²) in [6.45, 7) is 0.321. The molecule has 0 radical (unpaired) electrons. The van der Waals surface area contributed by atoms with Gasteiger partial charge in [0.05, 0.1) is 22.3 Å². The number of hydrogen-bond acceptors (Lipinski definition) is 6. The van der Waals surface area contributed by atoms with Crippen LogP contribution in [-0.2, 0) is 11.4 Å². The van der Waals surface area contributed by atoms with Crippen LogP contribution in [0.25, 0.3) is 10.9 Å². The Bertz CT molecular complexity index is 1570. The zero-order valence-corrected chi connectivity index (χ0v) is 19.7. The van der Waals surface area contributed by atoms with Gasteiger partial charge in [-0.15, -0.1) is 5.06 Å². The van der Waals surface area contributed by atoms with Gasteiger partial charge in [0.1, 0.15) is 18.5 Å². The Morgan fingerprint density at radius 3 is 2.19 bits per heavy atom. The average molecular weight is 488 g/mol. The van der Waals surface area contributed by atoms with Gasteiger partial charge in [-0.1, -0.05) is 54.6 Å². The molecule has 6 rings (SSSR count). The van der Waals surface area contributed by atoms with E-state index in [2.05, 4.69) is 9.97 Å². The highest BCUT2D eigenvalue weighted by atomic mass is 16.7. The first-order valence-corrected chi connectivity index (χ1v) is 11.8. The van der Waals surface area contributed by atoms with Gasteiger partial charge in [0.15, 0.2) is 0 Å². The molecule has 1 unspecified atom stereocenters. The Morgan fingerprint density at radius 2 is 1.46 bits per heavy atom. The average Bonchev–Trinajstić information content (AvgIpc) is 3.20. The molecule has 0 saturated carbocycles. The molecule has 7 heteroatoms. The molecule has 180 valence electrons. The number of para-hydroxylation sites is 1. The fourth-order valence-electron chi connectivity index (χ4n) is 4.30. The number of pyridine rings is 2. The lowest BCUT2D eigenvalue weighted by Crippen LogP contribution is -2.32. The van der Waals surface area contributed by atoms with Crippen molar-refractivity contribution >= 4 is 22.7 Å². The minimum Gasteiger partial charge on any atom is -0.487 e. The summed E-state index contributed by atoms with van der Waals surface area (Å²) < 4.78 is 5.96. The van der Waals surface area contributed by atoms with Crippen LogP contribution in [0.3, 0.4) is 0 Å². The lowest BCUT2D eigenvalue weighted by atomic mass is 10.0. The number of hydroxylamine groups is 2. The molecule has 2 aromatic heterocycles. The van der Waals surface area contributed by atoms with Crippen LogP contribution in [0, 0.1) is 0 Å². The van der Waals surface area contributed by atoms with Gasteiger partial charge in [0, 0.05) is 23.3 Å². The quantitative estimate of drug-likeness (QED) is 0.281. The van der Waals surface area contributed by atoms with E-state index in [1.165, 1.54) is 0 Å². The van der Waals surface area contributed by atoms with Gasteiger partial charge in [-0.2, -0.15) is 0 Å². The number of imide groups is 1.